The molecule has 26 heavy (non-hydrogen) atoms. The average Bonchev–Trinajstić information content (AvgIpc) is 2.97. The van der Waals surface area contributed by atoms with E-state index in [9.17, 15) is 4.79 Å². The van der Waals surface area contributed by atoms with Gasteiger partial charge in [0.15, 0.2) is 10.4 Å². The molecule has 0 spiro atoms. The number of nitrogens with zero attached hydrogens (tertiary/aromatic N) is 2. The minimum absolute atomic E-state index is 0.0303. The Hall–Kier alpha value is -1.79. The summed E-state index contributed by atoms with van der Waals surface area (Å²) in [6, 6.07) is 4.89. The van der Waals surface area contributed by atoms with Crippen molar-refractivity contribution < 1.29 is 14.3 Å². The summed E-state index contributed by atoms with van der Waals surface area (Å²) in [7, 11) is 1.51. The van der Waals surface area contributed by atoms with Gasteiger partial charge >= 0.3 is 0 Å². The molecule has 1 aromatic heterocycles. The highest BCUT2D eigenvalue weighted by molar-refractivity contribution is 7.04. The van der Waals surface area contributed by atoms with E-state index >= 15 is 0 Å². The Balaban J connectivity index is 2.53. The summed E-state index contributed by atoms with van der Waals surface area (Å²) in [5, 5.41) is 0.455. The fourth-order valence-electron chi connectivity index (χ4n) is 2.11. The van der Waals surface area contributed by atoms with Crippen molar-refractivity contribution in [2.24, 2.45) is 4.99 Å². The number of aromatic nitrogens is 1. The highest BCUT2D eigenvalue weighted by Crippen LogP contribution is 2.24. The number of methoxy groups -OCH3 is 1. The molecule has 0 N–H and O–H groups in total. The minimum atomic E-state index is -0.415. The first-order valence-electron chi connectivity index (χ1n) is 8.48. The molecule has 1 unspecified atom stereocenters. The summed E-state index contributed by atoms with van der Waals surface area (Å²) in [4.78, 5) is 17.0. The van der Waals surface area contributed by atoms with Crippen molar-refractivity contribution in [2.75, 3.05) is 7.11 Å². The Morgan fingerprint density at radius 2 is 2.04 bits per heavy atom. The first-order chi connectivity index (χ1) is 12.2. The molecule has 2 rings (SSSR count). The van der Waals surface area contributed by atoms with Crippen molar-refractivity contribution in [1.29, 1.82) is 0 Å². The zero-order valence-electron chi connectivity index (χ0n) is 16.0. The first-order valence-corrected chi connectivity index (χ1v) is 9.63. The van der Waals surface area contributed by atoms with Gasteiger partial charge in [0.1, 0.15) is 5.75 Å². The van der Waals surface area contributed by atoms with Gasteiger partial charge in [-0.25, -0.2) is 0 Å². The van der Waals surface area contributed by atoms with Crippen molar-refractivity contribution in [3.05, 3.63) is 39.7 Å². The van der Waals surface area contributed by atoms with Gasteiger partial charge in [0.25, 0.3) is 5.91 Å². The van der Waals surface area contributed by atoms with Crippen LogP contribution in [-0.4, -0.2) is 23.1 Å². The molecule has 142 valence electrons. The van der Waals surface area contributed by atoms with Crippen molar-refractivity contribution >= 4 is 29.0 Å². The third-order valence-electron chi connectivity index (χ3n) is 3.79. The van der Waals surface area contributed by atoms with Gasteiger partial charge in [0.05, 0.1) is 25.0 Å². The van der Waals surface area contributed by atoms with Crippen LogP contribution in [0.25, 0.3) is 0 Å². The second-order valence-corrected chi connectivity index (χ2v) is 8.38. The number of ether oxygens (including phenoxy) is 2. The van der Waals surface area contributed by atoms with Crippen LogP contribution in [-0.2, 0) is 5.54 Å². The smallest absolute Gasteiger partial charge is 0.282 e. The average molecular weight is 397 g/mol. The molecule has 0 radical (unpaired) electrons. The molecule has 0 saturated heterocycles. The van der Waals surface area contributed by atoms with Crippen LogP contribution in [0.3, 0.4) is 0 Å². The number of benzene rings is 1. The molecule has 0 fully saturated rings. The first kappa shape index (κ1) is 20.5. The van der Waals surface area contributed by atoms with Gasteiger partial charge in [-0.15, -0.1) is 0 Å². The molecule has 1 amide bonds. The molecule has 7 heteroatoms. The summed E-state index contributed by atoms with van der Waals surface area (Å²) in [6.45, 7) is 10.3. The van der Waals surface area contributed by atoms with Gasteiger partial charge in [0, 0.05) is 10.6 Å². The monoisotopic (exact) mass is 396 g/mol. The molecule has 2 aromatic rings. The van der Waals surface area contributed by atoms with Gasteiger partial charge in [-0.1, -0.05) is 18.5 Å². The molecular formula is C19H25ClN2O3S. The fraction of sp³-hybridized carbons (Fsp3) is 0.474. The Morgan fingerprint density at radius 1 is 1.35 bits per heavy atom. The topological polar surface area (TPSA) is 52.8 Å². The molecule has 0 aliphatic heterocycles. The number of hydrogen-bond acceptors (Lipinski definition) is 4. The Labute approximate surface area is 163 Å². The summed E-state index contributed by atoms with van der Waals surface area (Å²) in [5.74, 6) is 0.627. The van der Waals surface area contributed by atoms with Gasteiger partial charge in [-0.2, -0.15) is 4.99 Å². The van der Waals surface area contributed by atoms with E-state index in [0.717, 1.165) is 6.42 Å². The van der Waals surface area contributed by atoms with Gasteiger partial charge < -0.3 is 9.47 Å². The van der Waals surface area contributed by atoms with Crippen LogP contribution < -0.4 is 14.1 Å². The van der Waals surface area contributed by atoms with Crippen LogP contribution in [0.1, 0.15) is 51.4 Å². The molecule has 1 aromatic carbocycles. The lowest BCUT2D eigenvalue weighted by Crippen LogP contribution is -2.18. The van der Waals surface area contributed by atoms with E-state index in [-0.39, 0.29) is 11.6 Å². The predicted molar refractivity (Wildman–Crippen MR) is 106 cm³/mol. The predicted octanol–water partition coefficient (Wildman–Crippen LogP) is 4.89. The molecule has 1 heterocycles. The number of hydrogen-bond donors (Lipinski definition) is 0. The highest BCUT2D eigenvalue weighted by Gasteiger charge is 2.19. The van der Waals surface area contributed by atoms with E-state index in [1.807, 2.05) is 24.0 Å². The summed E-state index contributed by atoms with van der Waals surface area (Å²) in [5.41, 5.74) is 0.188. The van der Waals surface area contributed by atoms with E-state index in [2.05, 4.69) is 25.8 Å². The van der Waals surface area contributed by atoms with E-state index in [1.54, 1.807) is 18.2 Å². The van der Waals surface area contributed by atoms with Gasteiger partial charge in [-0.05, 0) is 63.8 Å². The van der Waals surface area contributed by atoms with Crippen LogP contribution in [0.5, 0.6) is 11.5 Å². The van der Waals surface area contributed by atoms with Crippen LogP contribution in [0.2, 0.25) is 5.02 Å². The molecule has 5 nitrogen and oxygen atoms in total. The van der Waals surface area contributed by atoms with Crippen molar-refractivity contribution in [3.63, 3.8) is 0 Å². The van der Waals surface area contributed by atoms with Crippen LogP contribution >= 0.6 is 23.1 Å². The molecular weight excluding hydrogens is 372 g/mol. The number of rotatable bonds is 5. The second-order valence-electron chi connectivity index (χ2n) is 6.98. The van der Waals surface area contributed by atoms with Gasteiger partial charge in [0.2, 0.25) is 0 Å². The number of halogens is 1. The molecule has 0 saturated carbocycles. The van der Waals surface area contributed by atoms with E-state index in [4.69, 9.17) is 21.1 Å². The van der Waals surface area contributed by atoms with Crippen LogP contribution in [0, 0.1) is 0 Å². The Morgan fingerprint density at radius 3 is 2.62 bits per heavy atom. The second kappa shape index (κ2) is 8.27. The third kappa shape index (κ3) is 4.89. The summed E-state index contributed by atoms with van der Waals surface area (Å²) < 4.78 is 13.8. The maximum atomic E-state index is 12.7. The zero-order valence-corrected chi connectivity index (χ0v) is 17.6. The summed E-state index contributed by atoms with van der Waals surface area (Å²) >= 11 is 7.42. The fourth-order valence-corrected chi connectivity index (χ4v) is 3.21. The van der Waals surface area contributed by atoms with Crippen molar-refractivity contribution in [2.45, 2.75) is 52.7 Å². The SMILES string of the molecule is CCC(C)Oc1cn(C(C)(C)C)sc1=NC(=O)c1cc(Cl)ccc1OC. The van der Waals surface area contributed by atoms with Crippen LogP contribution in [0.4, 0.5) is 0 Å². The number of amides is 1. The lowest BCUT2D eigenvalue weighted by Gasteiger charge is -2.19. The maximum Gasteiger partial charge on any atom is 0.282 e. The quantitative estimate of drug-likeness (QED) is 0.723. The summed E-state index contributed by atoms with van der Waals surface area (Å²) in [6.07, 6.45) is 2.79. The number of carbonyl (C=O) groups excluding carboxylic acids is 1. The lowest BCUT2D eigenvalue weighted by atomic mass is 10.1. The third-order valence-corrected chi connectivity index (χ3v) is 5.34. The molecule has 1 atom stereocenters. The van der Waals surface area contributed by atoms with E-state index in [1.165, 1.54) is 18.6 Å². The normalized spacial score (nSPS) is 13.6. The van der Waals surface area contributed by atoms with Crippen LogP contribution in [0.15, 0.2) is 29.4 Å². The Bertz CT molecular complexity index is 849. The lowest BCUT2D eigenvalue weighted by molar-refractivity contribution is 0.0995. The number of carbonyl (C=O) groups is 1. The minimum Gasteiger partial charge on any atom is -0.496 e. The molecule has 0 bridgehead atoms. The Kier molecular flexibility index (Phi) is 6.53. The highest BCUT2D eigenvalue weighted by atomic mass is 35.5. The van der Waals surface area contributed by atoms with Gasteiger partial charge in [-0.3, -0.25) is 8.75 Å². The van der Waals surface area contributed by atoms with E-state index < -0.39 is 5.91 Å². The maximum absolute atomic E-state index is 12.7. The van der Waals surface area contributed by atoms with Crippen molar-refractivity contribution in [1.82, 2.24) is 3.96 Å². The molecule has 0 aliphatic rings. The van der Waals surface area contributed by atoms with Crippen molar-refractivity contribution in [3.8, 4) is 11.5 Å². The standard InChI is InChI=1S/C19H25ClN2O3S/c1-7-12(2)25-16-11-22(19(3,4)5)26-18(16)21-17(23)14-10-13(20)8-9-15(14)24-6/h8-12H,7H2,1-6H3. The van der Waals surface area contributed by atoms with E-state index in [0.29, 0.717) is 26.8 Å². The largest absolute Gasteiger partial charge is 0.496 e. The molecule has 0 aliphatic carbocycles. The zero-order chi connectivity index (χ0) is 19.5.